The van der Waals surface area contributed by atoms with Crippen LogP contribution in [0.3, 0.4) is 0 Å². The Labute approximate surface area is 160 Å². The first-order chi connectivity index (χ1) is 13.5. The Kier molecular flexibility index (Phi) is 6.62. The van der Waals surface area contributed by atoms with Gasteiger partial charge in [0.25, 0.3) is 11.8 Å². The Bertz CT molecular complexity index is 857. The zero-order chi connectivity index (χ0) is 19.9. The number of hydrogen-bond acceptors (Lipinski definition) is 5. The molecule has 0 bridgehead atoms. The van der Waals surface area contributed by atoms with Crippen molar-refractivity contribution in [2.24, 2.45) is 0 Å². The molecule has 0 saturated carbocycles. The van der Waals surface area contributed by atoms with Gasteiger partial charge in [0.15, 0.2) is 11.6 Å². The van der Waals surface area contributed by atoms with Gasteiger partial charge in [-0.1, -0.05) is 0 Å². The van der Waals surface area contributed by atoms with Crippen LogP contribution in [0.5, 0.6) is 0 Å². The number of carbonyl (C=O) groups excluding carboxylic acids is 2. The van der Waals surface area contributed by atoms with Gasteiger partial charge in [-0.2, -0.15) is 0 Å². The lowest BCUT2D eigenvalue weighted by atomic mass is 10.1. The summed E-state index contributed by atoms with van der Waals surface area (Å²) in [6.45, 7) is 4.21. The van der Waals surface area contributed by atoms with E-state index in [4.69, 9.17) is 4.74 Å². The maximum atomic E-state index is 13.3. The minimum Gasteiger partial charge on any atom is -0.379 e. The minimum absolute atomic E-state index is 0.101. The Morgan fingerprint density at radius 2 is 1.75 bits per heavy atom. The molecule has 2 heterocycles. The van der Waals surface area contributed by atoms with E-state index in [9.17, 15) is 18.4 Å². The van der Waals surface area contributed by atoms with Crippen LogP contribution in [0.25, 0.3) is 0 Å². The standard InChI is InChI=1S/C19H20F2N4O3/c20-16-2-1-15(10-17(16)21)24-19(27)14-9-13(11-22-12-14)18(26)23-3-4-25-5-7-28-8-6-25/h1-2,9-12H,3-8H2,(H,23,26)(H,24,27). The summed E-state index contributed by atoms with van der Waals surface area (Å²) in [5.41, 5.74) is 0.467. The van der Waals surface area contributed by atoms with Crippen LogP contribution in [0, 0.1) is 11.6 Å². The molecule has 28 heavy (non-hydrogen) atoms. The highest BCUT2D eigenvalue weighted by atomic mass is 19.2. The smallest absolute Gasteiger partial charge is 0.257 e. The SMILES string of the molecule is O=C(NCCN1CCOCC1)c1cncc(C(=O)Nc2ccc(F)c(F)c2)c1. The number of rotatable bonds is 6. The summed E-state index contributed by atoms with van der Waals surface area (Å²) in [5, 5.41) is 5.23. The third-order valence-corrected chi connectivity index (χ3v) is 4.26. The number of anilines is 1. The molecule has 1 aliphatic heterocycles. The van der Waals surface area contributed by atoms with Crippen LogP contribution >= 0.6 is 0 Å². The van der Waals surface area contributed by atoms with Crippen molar-refractivity contribution in [2.75, 3.05) is 44.7 Å². The number of halogens is 2. The van der Waals surface area contributed by atoms with Crippen LogP contribution in [0.4, 0.5) is 14.5 Å². The average molecular weight is 390 g/mol. The van der Waals surface area contributed by atoms with Gasteiger partial charge in [-0.3, -0.25) is 19.5 Å². The van der Waals surface area contributed by atoms with E-state index < -0.39 is 17.5 Å². The Balaban J connectivity index is 1.56. The first-order valence-corrected chi connectivity index (χ1v) is 8.82. The Hall–Kier alpha value is -2.91. The van der Waals surface area contributed by atoms with Crippen molar-refractivity contribution < 1.29 is 23.1 Å². The lowest BCUT2D eigenvalue weighted by Crippen LogP contribution is -2.41. The van der Waals surface area contributed by atoms with Gasteiger partial charge in [0.1, 0.15) is 0 Å². The van der Waals surface area contributed by atoms with Crippen LogP contribution < -0.4 is 10.6 Å². The van der Waals surface area contributed by atoms with Crippen LogP contribution in [0.15, 0.2) is 36.7 Å². The highest BCUT2D eigenvalue weighted by Crippen LogP contribution is 2.14. The topological polar surface area (TPSA) is 83.6 Å². The quantitative estimate of drug-likeness (QED) is 0.784. The minimum atomic E-state index is -1.07. The summed E-state index contributed by atoms with van der Waals surface area (Å²) in [4.78, 5) is 30.7. The number of hydrogen-bond donors (Lipinski definition) is 2. The second-order valence-corrected chi connectivity index (χ2v) is 6.26. The van der Waals surface area contributed by atoms with Crippen LogP contribution in [0.2, 0.25) is 0 Å². The molecule has 1 aliphatic rings. The van der Waals surface area contributed by atoms with Crippen molar-refractivity contribution >= 4 is 17.5 Å². The number of pyridine rings is 1. The van der Waals surface area contributed by atoms with E-state index in [-0.39, 0.29) is 22.7 Å². The molecule has 2 amide bonds. The molecular weight excluding hydrogens is 370 g/mol. The zero-order valence-corrected chi connectivity index (χ0v) is 15.1. The molecule has 1 aromatic heterocycles. The van der Waals surface area contributed by atoms with E-state index in [1.165, 1.54) is 24.5 Å². The van der Waals surface area contributed by atoms with Crippen LogP contribution in [-0.4, -0.2) is 61.1 Å². The number of carbonyl (C=O) groups is 2. The Morgan fingerprint density at radius 1 is 1.04 bits per heavy atom. The third kappa shape index (κ3) is 5.30. The molecule has 0 radical (unpaired) electrons. The van der Waals surface area contributed by atoms with Gasteiger partial charge < -0.3 is 15.4 Å². The number of ether oxygens (including phenoxy) is 1. The van der Waals surface area contributed by atoms with Gasteiger partial charge in [-0.05, 0) is 18.2 Å². The van der Waals surface area contributed by atoms with Crippen molar-refractivity contribution in [3.63, 3.8) is 0 Å². The number of morpholine rings is 1. The van der Waals surface area contributed by atoms with Crippen molar-refractivity contribution in [2.45, 2.75) is 0 Å². The predicted molar refractivity (Wildman–Crippen MR) is 98.1 cm³/mol. The first-order valence-electron chi connectivity index (χ1n) is 8.82. The number of nitrogens with zero attached hydrogens (tertiary/aromatic N) is 2. The van der Waals surface area contributed by atoms with Crippen molar-refractivity contribution in [3.05, 3.63) is 59.4 Å². The lowest BCUT2D eigenvalue weighted by Gasteiger charge is -2.26. The van der Waals surface area contributed by atoms with E-state index in [0.29, 0.717) is 26.3 Å². The van der Waals surface area contributed by atoms with Gasteiger partial charge in [0.05, 0.1) is 24.3 Å². The molecule has 148 valence electrons. The molecule has 2 aromatic rings. The molecule has 0 spiro atoms. The molecule has 1 aromatic carbocycles. The summed E-state index contributed by atoms with van der Waals surface area (Å²) >= 11 is 0. The fourth-order valence-corrected chi connectivity index (χ4v) is 2.72. The summed E-state index contributed by atoms with van der Waals surface area (Å²) in [5.74, 6) is -3.00. The van der Waals surface area contributed by atoms with Crippen LogP contribution in [-0.2, 0) is 4.74 Å². The van der Waals surface area contributed by atoms with E-state index in [1.54, 1.807) is 0 Å². The second-order valence-electron chi connectivity index (χ2n) is 6.26. The number of nitrogens with one attached hydrogen (secondary N) is 2. The first kappa shape index (κ1) is 19.8. The molecule has 0 atom stereocenters. The average Bonchev–Trinajstić information content (AvgIpc) is 2.71. The highest BCUT2D eigenvalue weighted by molar-refractivity contribution is 6.05. The summed E-state index contributed by atoms with van der Waals surface area (Å²) in [7, 11) is 0. The summed E-state index contributed by atoms with van der Waals surface area (Å²) < 4.78 is 31.5. The molecule has 3 rings (SSSR count). The summed E-state index contributed by atoms with van der Waals surface area (Å²) in [6, 6.07) is 4.43. The monoisotopic (exact) mass is 390 g/mol. The molecule has 0 aliphatic carbocycles. The van der Waals surface area contributed by atoms with E-state index in [2.05, 4.69) is 20.5 Å². The molecular formula is C19H20F2N4O3. The predicted octanol–water partition coefficient (Wildman–Crippen LogP) is 1.67. The molecule has 9 heteroatoms. The van der Waals surface area contributed by atoms with Crippen molar-refractivity contribution in [1.82, 2.24) is 15.2 Å². The highest BCUT2D eigenvalue weighted by Gasteiger charge is 2.14. The fourth-order valence-electron chi connectivity index (χ4n) is 2.72. The molecule has 7 nitrogen and oxygen atoms in total. The largest absolute Gasteiger partial charge is 0.379 e. The third-order valence-electron chi connectivity index (χ3n) is 4.26. The van der Waals surface area contributed by atoms with Gasteiger partial charge in [0.2, 0.25) is 0 Å². The zero-order valence-electron chi connectivity index (χ0n) is 15.1. The summed E-state index contributed by atoms with van der Waals surface area (Å²) in [6.07, 6.45) is 2.65. The fraction of sp³-hybridized carbons (Fsp3) is 0.316. The second kappa shape index (κ2) is 9.34. The number of benzene rings is 1. The number of aromatic nitrogens is 1. The molecule has 1 fully saturated rings. The van der Waals surface area contributed by atoms with Gasteiger partial charge in [0, 0.05) is 50.3 Å². The normalized spacial score (nSPS) is 14.5. The van der Waals surface area contributed by atoms with Crippen molar-refractivity contribution in [3.8, 4) is 0 Å². The molecule has 0 unspecified atom stereocenters. The van der Waals surface area contributed by atoms with Gasteiger partial charge in [-0.25, -0.2) is 8.78 Å². The number of amides is 2. The van der Waals surface area contributed by atoms with Gasteiger partial charge in [-0.15, -0.1) is 0 Å². The van der Waals surface area contributed by atoms with E-state index in [0.717, 1.165) is 25.2 Å². The Morgan fingerprint density at radius 3 is 2.46 bits per heavy atom. The maximum Gasteiger partial charge on any atom is 0.257 e. The van der Waals surface area contributed by atoms with Gasteiger partial charge >= 0.3 is 0 Å². The van der Waals surface area contributed by atoms with E-state index >= 15 is 0 Å². The molecule has 2 N–H and O–H groups in total. The van der Waals surface area contributed by atoms with Crippen LogP contribution in [0.1, 0.15) is 20.7 Å². The lowest BCUT2D eigenvalue weighted by molar-refractivity contribution is 0.0383. The maximum absolute atomic E-state index is 13.3. The van der Waals surface area contributed by atoms with E-state index in [1.807, 2.05) is 0 Å². The molecule has 1 saturated heterocycles. The van der Waals surface area contributed by atoms with Crippen molar-refractivity contribution in [1.29, 1.82) is 0 Å².